The summed E-state index contributed by atoms with van der Waals surface area (Å²) < 4.78 is 2.23. The summed E-state index contributed by atoms with van der Waals surface area (Å²) in [7, 11) is 2.13. The van der Waals surface area contributed by atoms with Crippen molar-refractivity contribution in [2.75, 3.05) is 0 Å². The van der Waals surface area contributed by atoms with Gasteiger partial charge < -0.3 is 0 Å². The quantitative estimate of drug-likeness (QED) is 0.471. The van der Waals surface area contributed by atoms with Crippen LogP contribution in [0.2, 0.25) is 6.22 Å². The van der Waals surface area contributed by atoms with Gasteiger partial charge in [0.15, 0.2) is 18.5 Å². The summed E-state index contributed by atoms with van der Waals surface area (Å²) in [6.07, 6.45) is 5.76. The van der Waals surface area contributed by atoms with Crippen LogP contribution in [0, 0.1) is 0 Å². The van der Waals surface area contributed by atoms with Crippen LogP contribution in [0.4, 0.5) is 0 Å². The van der Waals surface area contributed by atoms with E-state index in [1.165, 1.54) is 17.5 Å². The highest BCUT2D eigenvalue weighted by Gasteiger charge is 2.49. The Morgan fingerprint density at radius 3 is 3.00 bits per heavy atom. The van der Waals surface area contributed by atoms with Gasteiger partial charge >= 0.3 is 0 Å². The van der Waals surface area contributed by atoms with Gasteiger partial charge in [0.2, 0.25) is 0 Å². The zero-order valence-corrected chi connectivity index (χ0v) is 9.27. The van der Waals surface area contributed by atoms with E-state index in [9.17, 15) is 0 Å². The molecule has 72 valence electrons. The molecular weight excluding hydrogens is 180 g/mol. The van der Waals surface area contributed by atoms with Gasteiger partial charge in [0.25, 0.3) is 0 Å². The van der Waals surface area contributed by atoms with Crippen molar-refractivity contribution < 1.29 is 4.57 Å². The summed E-state index contributed by atoms with van der Waals surface area (Å²) in [4.78, 5) is 0. The van der Waals surface area contributed by atoms with Crippen LogP contribution >= 0.6 is 0 Å². The lowest BCUT2D eigenvalue weighted by atomic mass is 9.33. The van der Waals surface area contributed by atoms with Crippen LogP contribution in [0.3, 0.4) is 0 Å². The van der Waals surface area contributed by atoms with Crippen molar-refractivity contribution in [1.82, 2.24) is 0 Å². The molecule has 3 heteroatoms. The molecule has 1 aromatic heterocycles. The van der Waals surface area contributed by atoms with Crippen molar-refractivity contribution >= 4 is 18.7 Å². The lowest BCUT2D eigenvalue weighted by Gasteiger charge is -2.09. The average molecular weight is 194 g/mol. The molecular formula is C12H14B2N+. The minimum atomic E-state index is 0.795. The van der Waals surface area contributed by atoms with Crippen molar-refractivity contribution in [2.24, 2.45) is 7.05 Å². The number of fused-ring (bicyclic) bond motifs is 1. The zero-order valence-electron chi connectivity index (χ0n) is 9.27. The molecule has 15 heavy (non-hydrogen) atoms. The van der Waals surface area contributed by atoms with Gasteiger partial charge in [-0.25, -0.2) is 4.57 Å². The summed E-state index contributed by atoms with van der Waals surface area (Å²) in [5.74, 6) is 2.37. The molecule has 2 aliphatic rings. The monoisotopic (exact) mass is 194 g/mol. The zero-order chi connectivity index (χ0) is 10.4. The van der Waals surface area contributed by atoms with Crippen molar-refractivity contribution in [3.8, 4) is 0 Å². The minimum absolute atomic E-state index is 0.795. The summed E-state index contributed by atoms with van der Waals surface area (Å²) in [5, 5.41) is 0. The summed E-state index contributed by atoms with van der Waals surface area (Å²) in [5.41, 5.74) is 4.38. The first kappa shape index (κ1) is 9.02. The van der Waals surface area contributed by atoms with Crippen molar-refractivity contribution in [3.63, 3.8) is 0 Å². The van der Waals surface area contributed by atoms with Crippen LogP contribution < -0.4 is 4.57 Å². The largest absolute Gasteiger partial charge is 0.202 e. The maximum atomic E-state index is 2.37. The summed E-state index contributed by atoms with van der Waals surface area (Å²) >= 11 is 0. The normalized spacial score (nSPS) is 18.3. The number of rotatable bonds is 1. The third-order valence-corrected chi connectivity index (χ3v) is 3.56. The first-order valence-corrected chi connectivity index (χ1v) is 5.61. The summed E-state index contributed by atoms with van der Waals surface area (Å²) in [6, 6.07) is 6.45. The molecule has 0 aliphatic carbocycles. The third-order valence-electron chi connectivity index (χ3n) is 3.56. The van der Waals surface area contributed by atoms with Crippen LogP contribution in [0.15, 0.2) is 42.0 Å². The van der Waals surface area contributed by atoms with E-state index in [2.05, 4.69) is 55.0 Å². The number of aromatic nitrogens is 1. The van der Waals surface area contributed by atoms with E-state index in [4.69, 9.17) is 0 Å². The Kier molecular flexibility index (Phi) is 1.88. The molecule has 0 radical (unpaired) electrons. The van der Waals surface area contributed by atoms with Gasteiger partial charge in [0.05, 0.1) is 0 Å². The number of nitrogens with zero attached hydrogens (tertiary/aromatic N) is 1. The van der Waals surface area contributed by atoms with E-state index in [-0.39, 0.29) is 0 Å². The molecule has 0 N–H and O–H groups in total. The lowest BCUT2D eigenvalue weighted by Crippen LogP contribution is -2.34. The third kappa shape index (κ3) is 1.38. The molecule has 0 atom stereocenters. The molecule has 2 aliphatic heterocycles. The number of pyridine rings is 1. The molecule has 1 fully saturated rings. The number of hydrogen-bond donors (Lipinski definition) is 0. The SMILES string of the molecule is CC1=C(c2cccc[n+]2C)B2CB2C=C1. The van der Waals surface area contributed by atoms with E-state index < -0.39 is 0 Å². The topological polar surface area (TPSA) is 3.88 Å². The van der Waals surface area contributed by atoms with Crippen molar-refractivity contribution in [1.29, 1.82) is 0 Å². The average Bonchev–Trinajstić information content (AvgIpc) is 2.99. The Bertz CT molecular complexity index is 476. The first-order chi connectivity index (χ1) is 7.27. The molecule has 0 spiro atoms. The summed E-state index contributed by atoms with van der Waals surface area (Å²) in [6.45, 7) is 3.85. The first-order valence-electron chi connectivity index (χ1n) is 5.61. The highest BCUT2D eigenvalue weighted by Crippen LogP contribution is 2.38. The fraction of sp³-hybridized carbons (Fsp3) is 0.250. The van der Waals surface area contributed by atoms with Gasteiger partial charge in [-0.2, -0.15) is 0 Å². The second kappa shape index (κ2) is 3.13. The van der Waals surface area contributed by atoms with Crippen molar-refractivity contribution in [2.45, 2.75) is 13.1 Å². The Balaban J connectivity index is 2.14. The smallest absolute Gasteiger partial charge is 0.198 e. The standard InChI is InChI=1S/C12H14B2N/c1-10-6-7-13-9-14(13)12(10)11-5-3-4-8-15(11)2/h3-8H,9H2,1-2H3/q+1. The molecule has 1 aromatic rings. The van der Waals surface area contributed by atoms with Crippen LogP contribution in [-0.2, 0) is 7.05 Å². The molecule has 0 saturated carbocycles. The van der Waals surface area contributed by atoms with Gasteiger partial charge in [-0.15, -0.1) is 5.98 Å². The molecule has 0 aromatic carbocycles. The fourth-order valence-corrected chi connectivity index (χ4v) is 2.60. The maximum absolute atomic E-state index is 2.37. The van der Waals surface area contributed by atoms with Gasteiger partial charge in [-0.05, 0) is 18.5 Å². The van der Waals surface area contributed by atoms with Crippen LogP contribution in [0.1, 0.15) is 12.6 Å². The Morgan fingerprint density at radius 1 is 1.33 bits per heavy atom. The van der Waals surface area contributed by atoms with E-state index in [0.717, 1.165) is 13.2 Å². The molecule has 3 heterocycles. The molecule has 0 unspecified atom stereocenters. The predicted molar refractivity (Wildman–Crippen MR) is 65.7 cm³/mol. The van der Waals surface area contributed by atoms with Gasteiger partial charge in [-0.3, -0.25) is 0 Å². The highest BCUT2D eigenvalue weighted by atomic mass is 14.9. The van der Waals surface area contributed by atoms with E-state index >= 15 is 0 Å². The van der Waals surface area contributed by atoms with E-state index in [1.54, 1.807) is 5.47 Å². The number of hydrogen-bond acceptors (Lipinski definition) is 0. The lowest BCUT2D eigenvalue weighted by molar-refractivity contribution is -0.673. The second-order valence-corrected chi connectivity index (χ2v) is 4.66. The van der Waals surface area contributed by atoms with E-state index in [1.807, 2.05) is 0 Å². The van der Waals surface area contributed by atoms with Crippen LogP contribution in [0.5, 0.6) is 0 Å². The predicted octanol–water partition coefficient (Wildman–Crippen LogP) is 1.55. The molecule has 1 nitrogen and oxygen atoms in total. The molecule has 1 saturated heterocycles. The van der Waals surface area contributed by atoms with Gasteiger partial charge in [0, 0.05) is 12.1 Å². The van der Waals surface area contributed by atoms with Crippen molar-refractivity contribution in [3.05, 3.63) is 47.7 Å². The van der Waals surface area contributed by atoms with E-state index in [0.29, 0.717) is 0 Å². The van der Waals surface area contributed by atoms with Gasteiger partial charge in [-0.1, -0.05) is 17.9 Å². The highest BCUT2D eigenvalue weighted by molar-refractivity contribution is 7.49. The Labute approximate surface area is 91.7 Å². The molecule has 3 rings (SSSR count). The fourth-order valence-electron chi connectivity index (χ4n) is 2.60. The number of allylic oxidation sites excluding steroid dienone is 2. The van der Waals surface area contributed by atoms with Crippen LogP contribution in [-0.4, -0.2) is 13.2 Å². The van der Waals surface area contributed by atoms with Crippen LogP contribution in [0.25, 0.3) is 5.47 Å². The second-order valence-electron chi connectivity index (χ2n) is 4.66. The molecule has 0 amide bonds. The Hall–Kier alpha value is -1.24. The van der Waals surface area contributed by atoms with Gasteiger partial charge in [0.1, 0.15) is 13.7 Å². The minimum Gasteiger partial charge on any atom is -0.202 e. The maximum Gasteiger partial charge on any atom is 0.198 e. The number of aryl methyl sites for hydroxylation is 1. The Morgan fingerprint density at radius 2 is 2.20 bits per heavy atom. The molecule has 0 bridgehead atoms.